The first-order valence-corrected chi connectivity index (χ1v) is 8.65. The molecule has 1 saturated carbocycles. The second-order valence-corrected chi connectivity index (χ2v) is 7.66. The van der Waals surface area contributed by atoms with Crippen LogP contribution in [0.5, 0.6) is 0 Å². The molecule has 2 aliphatic rings. The van der Waals surface area contributed by atoms with Crippen molar-refractivity contribution in [3.63, 3.8) is 0 Å². The number of guanidine groups is 1. The number of rotatable bonds is 3. The van der Waals surface area contributed by atoms with Crippen LogP contribution in [0.4, 0.5) is 0 Å². The molecular formula is C17H24BrN3O. The van der Waals surface area contributed by atoms with E-state index in [1.165, 1.54) is 5.56 Å². The standard InChI is InChI=1S/C17H24BrN3O/c1-17(2)14(13-8-9-22-15(13)17)21-16(19-3)20-10-11-4-6-12(18)7-5-11/h4-7,13-15H,8-10H2,1-3H3,(H2,19,20,21). The van der Waals surface area contributed by atoms with Crippen molar-refractivity contribution in [2.45, 2.75) is 39.0 Å². The molecule has 3 atom stereocenters. The van der Waals surface area contributed by atoms with Crippen LogP contribution in [0.2, 0.25) is 0 Å². The molecule has 22 heavy (non-hydrogen) atoms. The second-order valence-electron chi connectivity index (χ2n) is 6.74. The van der Waals surface area contributed by atoms with Crippen molar-refractivity contribution >= 4 is 21.9 Å². The van der Waals surface area contributed by atoms with Gasteiger partial charge in [-0.3, -0.25) is 4.99 Å². The van der Waals surface area contributed by atoms with Gasteiger partial charge in [0.25, 0.3) is 0 Å². The Bertz CT molecular complexity index is 556. The molecule has 1 heterocycles. The minimum Gasteiger partial charge on any atom is -0.377 e. The maximum Gasteiger partial charge on any atom is 0.191 e. The lowest BCUT2D eigenvalue weighted by atomic mass is 9.57. The van der Waals surface area contributed by atoms with Crippen LogP contribution in [0, 0.1) is 11.3 Å². The summed E-state index contributed by atoms with van der Waals surface area (Å²) in [6.45, 7) is 6.21. The van der Waals surface area contributed by atoms with Crippen LogP contribution in [0.3, 0.4) is 0 Å². The number of nitrogens with one attached hydrogen (secondary N) is 2. The van der Waals surface area contributed by atoms with Crippen LogP contribution in [-0.2, 0) is 11.3 Å². The summed E-state index contributed by atoms with van der Waals surface area (Å²) in [7, 11) is 1.82. The van der Waals surface area contributed by atoms with E-state index in [0.717, 1.165) is 30.0 Å². The van der Waals surface area contributed by atoms with Crippen LogP contribution in [0.1, 0.15) is 25.8 Å². The molecule has 0 aromatic heterocycles. The minimum absolute atomic E-state index is 0.163. The highest BCUT2D eigenvalue weighted by molar-refractivity contribution is 9.10. The van der Waals surface area contributed by atoms with E-state index in [4.69, 9.17) is 4.74 Å². The average molecular weight is 366 g/mol. The summed E-state index contributed by atoms with van der Waals surface area (Å²) in [6, 6.07) is 8.76. The normalized spacial score (nSPS) is 29.6. The molecule has 2 N–H and O–H groups in total. The average Bonchev–Trinajstić information content (AvgIpc) is 2.96. The summed E-state index contributed by atoms with van der Waals surface area (Å²) < 4.78 is 6.95. The minimum atomic E-state index is 0.163. The lowest BCUT2D eigenvalue weighted by Gasteiger charge is -2.54. The van der Waals surface area contributed by atoms with Gasteiger partial charge < -0.3 is 15.4 Å². The van der Waals surface area contributed by atoms with Gasteiger partial charge in [-0.05, 0) is 24.1 Å². The Morgan fingerprint density at radius 2 is 2.09 bits per heavy atom. The lowest BCUT2D eigenvalue weighted by Crippen LogP contribution is -2.67. The number of nitrogens with zero attached hydrogens (tertiary/aromatic N) is 1. The monoisotopic (exact) mass is 365 g/mol. The Morgan fingerprint density at radius 1 is 1.36 bits per heavy atom. The molecule has 2 fully saturated rings. The highest BCUT2D eigenvalue weighted by atomic mass is 79.9. The number of fused-ring (bicyclic) bond motifs is 1. The smallest absolute Gasteiger partial charge is 0.191 e. The number of benzene rings is 1. The van der Waals surface area contributed by atoms with E-state index in [9.17, 15) is 0 Å². The largest absolute Gasteiger partial charge is 0.377 e. The van der Waals surface area contributed by atoms with Crippen molar-refractivity contribution in [2.24, 2.45) is 16.3 Å². The highest BCUT2D eigenvalue weighted by Crippen LogP contribution is 2.52. The predicted molar refractivity (Wildman–Crippen MR) is 92.9 cm³/mol. The molecular weight excluding hydrogens is 342 g/mol. The van der Waals surface area contributed by atoms with Gasteiger partial charge in [-0.25, -0.2) is 0 Å². The third kappa shape index (κ3) is 2.88. The van der Waals surface area contributed by atoms with E-state index in [-0.39, 0.29) is 5.41 Å². The van der Waals surface area contributed by atoms with Gasteiger partial charge in [-0.15, -0.1) is 0 Å². The number of aliphatic imine (C=N–C) groups is 1. The van der Waals surface area contributed by atoms with Crippen molar-refractivity contribution in [2.75, 3.05) is 13.7 Å². The highest BCUT2D eigenvalue weighted by Gasteiger charge is 2.59. The number of hydrogen-bond acceptors (Lipinski definition) is 2. The van der Waals surface area contributed by atoms with Crippen molar-refractivity contribution in [3.05, 3.63) is 34.3 Å². The zero-order chi connectivity index (χ0) is 15.7. The molecule has 0 spiro atoms. The third-order valence-corrected chi connectivity index (χ3v) is 5.52. The first-order valence-electron chi connectivity index (χ1n) is 7.85. The van der Waals surface area contributed by atoms with Crippen LogP contribution in [0.25, 0.3) is 0 Å². The summed E-state index contributed by atoms with van der Waals surface area (Å²) in [5.41, 5.74) is 1.40. The van der Waals surface area contributed by atoms with E-state index in [1.807, 2.05) is 7.05 Å². The zero-order valence-electron chi connectivity index (χ0n) is 13.4. The van der Waals surface area contributed by atoms with Gasteiger partial charge >= 0.3 is 0 Å². The maximum atomic E-state index is 5.85. The third-order valence-electron chi connectivity index (χ3n) is 4.99. The van der Waals surface area contributed by atoms with Crippen LogP contribution in [0.15, 0.2) is 33.7 Å². The molecule has 1 aliphatic carbocycles. The molecule has 1 aliphatic heterocycles. The fourth-order valence-corrected chi connectivity index (χ4v) is 4.01. The van der Waals surface area contributed by atoms with Gasteiger partial charge in [0.1, 0.15) is 0 Å². The van der Waals surface area contributed by atoms with Crippen molar-refractivity contribution in [1.29, 1.82) is 0 Å². The van der Waals surface area contributed by atoms with Crippen LogP contribution in [-0.4, -0.2) is 31.8 Å². The van der Waals surface area contributed by atoms with E-state index in [1.54, 1.807) is 0 Å². The lowest BCUT2D eigenvalue weighted by molar-refractivity contribution is -0.106. The summed E-state index contributed by atoms with van der Waals surface area (Å²) in [5, 5.41) is 7.00. The summed E-state index contributed by atoms with van der Waals surface area (Å²) >= 11 is 3.46. The van der Waals surface area contributed by atoms with Crippen molar-refractivity contribution < 1.29 is 4.74 Å². The second kappa shape index (κ2) is 6.20. The SMILES string of the molecule is CN=C(NCc1ccc(Br)cc1)NC1C2CCOC2C1(C)C. The van der Waals surface area contributed by atoms with Gasteiger partial charge in [-0.2, -0.15) is 0 Å². The molecule has 1 aromatic rings. The maximum absolute atomic E-state index is 5.85. The molecule has 3 rings (SSSR count). The van der Waals surface area contributed by atoms with E-state index >= 15 is 0 Å². The van der Waals surface area contributed by atoms with E-state index in [2.05, 4.69) is 69.7 Å². The Kier molecular flexibility index (Phi) is 4.46. The molecule has 0 radical (unpaired) electrons. The molecule has 120 valence electrons. The molecule has 3 unspecified atom stereocenters. The van der Waals surface area contributed by atoms with Gasteiger partial charge in [-0.1, -0.05) is 41.9 Å². The first-order chi connectivity index (χ1) is 10.5. The predicted octanol–water partition coefficient (Wildman–Crippen LogP) is 2.93. The first kappa shape index (κ1) is 15.8. The van der Waals surface area contributed by atoms with Gasteiger partial charge in [0, 0.05) is 42.0 Å². The Labute approximate surface area is 140 Å². The fourth-order valence-electron chi connectivity index (χ4n) is 3.75. The Balaban J connectivity index is 1.57. The van der Waals surface area contributed by atoms with Crippen LogP contribution < -0.4 is 10.6 Å². The molecule has 4 nitrogen and oxygen atoms in total. The van der Waals surface area contributed by atoms with E-state index in [0.29, 0.717) is 18.1 Å². The molecule has 5 heteroatoms. The van der Waals surface area contributed by atoms with Gasteiger partial charge in [0.05, 0.1) is 6.10 Å². The Morgan fingerprint density at radius 3 is 2.77 bits per heavy atom. The molecule has 0 bridgehead atoms. The van der Waals surface area contributed by atoms with Crippen molar-refractivity contribution in [1.82, 2.24) is 10.6 Å². The molecule has 1 saturated heterocycles. The number of ether oxygens (including phenoxy) is 1. The number of hydrogen-bond donors (Lipinski definition) is 2. The number of halogens is 1. The summed E-state index contributed by atoms with van der Waals surface area (Å²) in [4.78, 5) is 4.37. The van der Waals surface area contributed by atoms with Gasteiger partial charge in [0.15, 0.2) is 5.96 Å². The molecule has 1 aromatic carbocycles. The Hall–Kier alpha value is -1.07. The quantitative estimate of drug-likeness (QED) is 0.639. The molecule has 0 amide bonds. The summed E-state index contributed by atoms with van der Waals surface area (Å²) in [6.07, 6.45) is 1.55. The van der Waals surface area contributed by atoms with E-state index < -0.39 is 0 Å². The summed E-state index contributed by atoms with van der Waals surface area (Å²) in [5.74, 6) is 1.48. The van der Waals surface area contributed by atoms with Crippen molar-refractivity contribution in [3.8, 4) is 0 Å². The zero-order valence-corrected chi connectivity index (χ0v) is 15.0. The topological polar surface area (TPSA) is 45.7 Å². The van der Waals surface area contributed by atoms with Gasteiger partial charge in [0.2, 0.25) is 0 Å². The van der Waals surface area contributed by atoms with Crippen LogP contribution >= 0.6 is 15.9 Å². The fraction of sp³-hybridized carbons (Fsp3) is 0.588.